The van der Waals surface area contributed by atoms with Gasteiger partial charge in [0.25, 0.3) is 0 Å². The number of nitrogens with one attached hydrogen (secondary N) is 2. The van der Waals surface area contributed by atoms with E-state index in [1.165, 1.54) is 6.42 Å². The molecule has 2 heterocycles. The van der Waals surface area contributed by atoms with E-state index in [2.05, 4.69) is 29.4 Å². The summed E-state index contributed by atoms with van der Waals surface area (Å²) in [5, 5.41) is 6.39. The Morgan fingerprint density at radius 1 is 1.35 bits per heavy atom. The highest BCUT2D eigenvalue weighted by Gasteiger charge is 2.21. The molecule has 2 saturated heterocycles. The van der Waals surface area contributed by atoms with Crippen molar-refractivity contribution in [2.45, 2.75) is 57.8 Å². The largest absolute Gasteiger partial charge is 0.373 e. The molecule has 1 amide bonds. The maximum absolute atomic E-state index is 11.8. The minimum absolute atomic E-state index is 0.188. The number of hydrogen-bond donors (Lipinski definition) is 2. The van der Waals surface area contributed by atoms with Gasteiger partial charge in [-0.15, -0.1) is 0 Å². The molecule has 5 nitrogen and oxygen atoms in total. The number of carbonyl (C=O) groups is 1. The zero-order valence-electron chi connectivity index (χ0n) is 12.9. The minimum atomic E-state index is 0.188. The molecule has 2 N–H and O–H groups in total. The van der Waals surface area contributed by atoms with Crippen molar-refractivity contribution in [1.29, 1.82) is 0 Å². The second kappa shape index (κ2) is 7.96. The third-order valence-electron chi connectivity index (χ3n) is 4.06. The summed E-state index contributed by atoms with van der Waals surface area (Å²) in [6, 6.07) is 0.399. The third-order valence-corrected chi connectivity index (χ3v) is 4.06. The van der Waals surface area contributed by atoms with Gasteiger partial charge < -0.3 is 15.4 Å². The van der Waals surface area contributed by atoms with Crippen LogP contribution in [0, 0.1) is 0 Å². The van der Waals surface area contributed by atoms with Crippen LogP contribution in [0.1, 0.15) is 39.5 Å². The molecule has 0 saturated carbocycles. The topological polar surface area (TPSA) is 53.6 Å². The molecule has 0 aromatic carbocycles. The number of carbonyl (C=O) groups excluding carboxylic acids is 1. The molecule has 116 valence electrons. The number of morpholine rings is 1. The highest BCUT2D eigenvalue weighted by molar-refractivity contribution is 5.76. The lowest BCUT2D eigenvalue weighted by Crippen LogP contribution is -2.46. The molecule has 0 bridgehead atoms. The summed E-state index contributed by atoms with van der Waals surface area (Å²) in [6.45, 7) is 9.14. The first-order valence-electron chi connectivity index (χ1n) is 8.01. The van der Waals surface area contributed by atoms with Crippen molar-refractivity contribution in [2.24, 2.45) is 0 Å². The van der Waals surface area contributed by atoms with Gasteiger partial charge in [-0.1, -0.05) is 0 Å². The van der Waals surface area contributed by atoms with Crippen LogP contribution in [0.5, 0.6) is 0 Å². The molecule has 3 atom stereocenters. The van der Waals surface area contributed by atoms with Crippen molar-refractivity contribution in [3.05, 3.63) is 0 Å². The Bertz CT molecular complexity index is 295. The van der Waals surface area contributed by atoms with Crippen LogP contribution in [0.2, 0.25) is 0 Å². The third kappa shape index (κ3) is 5.38. The van der Waals surface area contributed by atoms with Crippen LogP contribution in [0.15, 0.2) is 0 Å². The SMILES string of the molecule is CC1CN(CCCNC(=O)CC2CCCN2)CC(C)O1. The Morgan fingerprint density at radius 3 is 2.75 bits per heavy atom. The normalized spacial score (nSPS) is 31.4. The summed E-state index contributed by atoms with van der Waals surface area (Å²) >= 11 is 0. The first kappa shape index (κ1) is 15.7. The standard InChI is InChI=1S/C15H29N3O2/c1-12-10-18(11-13(2)20-12)8-4-7-17-15(19)9-14-5-3-6-16-14/h12-14,16H,3-11H2,1-2H3,(H,17,19). The van der Waals surface area contributed by atoms with Crippen molar-refractivity contribution >= 4 is 5.91 Å². The zero-order chi connectivity index (χ0) is 14.4. The molecular formula is C15H29N3O2. The summed E-state index contributed by atoms with van der Waals surface area (Å²) in [7, 11) is 0. The van der Waals surface area contributed by atoms with Gasteiger partial charge >= 0.3 is 0 Å². The maximum atomic E-state index is 11.8. The fourth-order valence-corrected chi connectivity index (χ4v) is 3.22. The lowest BCUT2D eigenvalue weighted by Gasteiger charge is -2.35. The highest BCUT2D eigenvalue weighted by atomic mass is 16.5. The van der Waals surface area contributed by atoms with Crippen molar-refractivity contribution in [3.63, 3.8) is 0 Å². The Labute approximate surface area is 122 Å². The summed E-state index contributed by atoms with van der Waals surface area (Å²) in [4.78, 5) is 14.2. The van der Waals surface area contributed by atoms with E-state index < -0.39 is 0 Å². The fourth-order valence-electron chi connectivity index (χ4n) is 3.22. The maximum Gasteiger partial charge on any atom is 0.221 e. The number of nitrogens with zero attached hydrogens (tertiary/aromatic N) is 1. The van der Waals surface area contributed by atoms with Gasteiger partial charge in [-0.05, 0) is 39.7 Å². The van der Waals surface area contributed by atoms with Gasteiger partial charge in [-0.25, -0.2) is 0 Å². The van der Waals surface area contributed by atoms with Crippen molar-refractivity contribution in [3.8, 4) is 0 Å². The quantitative estimate of drug-likeness (QED) is 0.706. The first-order valence-corrected chi connectivity index (χ1v) is 8.01. The summed E-state index contributed by atoms with van der Waals surface area (Å²) in [5.41, 5.74) is 0. The van der Waals surface area contributed by atoms with E-state index in [1.54, 1.807) is 0 Å². The minimum Gasteiger partial charge on any atom is -0.373 e. The van der Waals surface area contributed by atoms with E-state index in [4.69, 9.17) is 4.74 Å². The second-order valence-electron chi connectivity index (χ2n) is 6.22. The van der Waals surface area contributed by atoms with Gasteiger partial charge in [0.1, 0.15) is 0 Å². The predicted octanol–water partition coefficient (Wildman–Crippen LogP) is 0.744. The van der Waals surface area contributed by atoms with Crippen molar-refractivity contribution in [1.82, 2.24) is 15.5 Å². The smallest absolute Gasteiger partial charge is 0.221 e. The lowest BCUT2D eigenvalue weighted by molar-refractivity contribution is -0.121. The lowest BCUT2D eigenvalue weighted by atomic mass is 10.1. The molecule has 0 aromatic rings. The Balaban J connectivity index is 1.53. The average molecular weight is 283 g/mol. The molecule has 5 heteroatoms. The van der Waals surface area contributed by atoms with Crippen molar-refractivity contribution < 1.29 is 9.53 Å². The van der Waals surface area contributed by atoms with E-state index in [1.807, 2.05) is 0 Å². The monoisotopic (exact) mass is 283 g/mol. The van der Waals surface area contributed by atoms with Crippen LogP contribution >= 0.6 is 0 Å². The molecule has 0 aromatic heterocycles. The van der Waals surface area contributed by atoms with Crippen LogP contribution in [-0.2, 0) is 9.53 Å². The van der Waals surface area contributed by atoms with Gasteiger partial charge in [-0.3, -0.25) is 9.69 Å². The van der Waals surface area contributed by atoms with E-state index in [9.17, 15) is 4.79 Å². The number of ether oxygens (including phenoxy) is 1. The molecule has 3 unspecified atom stereocenters. The number of hydrogen-bond acceptors (Lipinski definition) is 4. The van der Waals surface area contributed by atoms with Gasteiger partial charge in [0.05, 0.1) is 12.2 Å². The van der Waals surface area contributed by atoms with E-state index in [-0.39, 0.29) is 5.91 Å². The predicted molar refractivity (Wildman–Crippen MR) is 79.7 cm³/mol. The Morgan fingerprint density at radius 2 is 2.10 bits per heavy atom. The van der Waals surface area contributed by atoms with Gasteiger partial charge in [0.2, 0.25) is 5.91 Å². The summed E-state index contributed by atoms with van der Waals surface area (Å²) < 4.78 is 5.72. The van der Waals surface area contributed by atoms with Gasteiger partial charge in [0, 0.05) is 38.6 Å². The average Bonchev–Trinajstić information content (AvgIpc) is 2.86. The summed E-state index contributed by atoms with van der Waals surface area (Å²) in [6.07, 6.45) is 4.63. The van der Waals surface area contributed by atoms with E-state index >= 15 is 0 Å². The second-order valence-corrected chi connectivity index (χ2v) is 6.22. The molecule has 20 heavy (non-hydrogen) atoms. The summed E-state index contributed by atoms with van der Waals surface area (Å²) in [5.74, 6) is 0.188. The van der Waals surface area contributed by atoms with Gasteiger partial charge in [-0.2, -0.15) is 0 Å². The van der Waals surface area contributed by atoms with E-state index in [0.717, 1.165) is 45.6 Å². The Kier molecular flexibility index (Phi) is 6.26. The molecule has 2 rings (SSSR count). The van der Waals surface area contributed by atoms with Gasteiger partial charge in [0.15, 0.2) is 0 Å². The van der Waals surface area contributed by atoms with Crippen LogP contribution in [0.25, 0.3) is 0 Å². The van der Waals surface area contributed by atoms with Crippen LogP contribution < -0.4 is 10.6 Å². The number of rotatable bonds is 6. The molecule has 2 aliphatic heterocycles. The van der Waals surface area contributed by atoms with Crippen LogP contribution in [-0.4, -0.2) is 61.8 Å². The molecule has 2 fully saturated rings. The molecular weight excluding hydrogens is 254 g/mol. The van der Waals surface area contributed by atoms with Crippen molar-refractivity contribution in [2.75, 3.05) is 32.7 Å². The fraction of sp³-hybridized carbons (Fsp3) is 0.933. The zero-order valence-corrected chi connectivity index (χ0v) is 12.9. The molecule has 0 radical (unpaired) electrons. The molecule has 0 spiro atoms. The highest BCUT2D eigenvalue weighted by Crippen LogP contribution is 2.11. The van der Waals surface area contributed by atoms with Crippen LogP contribution in [0.4, 0.5) is 0 Å². The van der Waals surface area contributed by atoms with E-state index in [0.29, 0.717) is 24.7 Å². The molecule has 2 aliphatic rings. The first-order chi connectivity index (χ1) is 9.63. The Hall–Kier alpha value is -0.650. The molecule has 0 aliphatic carbocycles. The number of amides is 1. The van der Waals surface area contributed by atoms with Crippen LogP contribution in [0.3, 0.4) is 0 Å².